The highest BCUT2D eigenvalue weighted by molar-refractivity contribution is 5.93. The van der Waals surface area contributed by atoms with Crippen molar-refractivity contribution in [2.45, 2.75) is 20.3 Å². The van der Waals surface area contributed by atoms with Crippen LogP contribution in [0.3, 0.4) is 0 Å². The molecule has 1 N–H and O–H groups in total. The average Bonchev–Trinajstić information content (AvgIpc) is 3.09. The number of oxazole rings is 1. The molecular formula is C24H22N2O3. The number of nitrogens with one attached hydrogen (secondary N) is 1. The highest BCUT2D eigenvalue weighted by Gasteiger charge is 2.10. The van der Waals surface area contributed by atoms with E-state index in [1.807, 2.05) is 74.5 Å². The van der Waals surface area contributed by atoms with Crippen LogP contribution in [0, 0.1) is 13.8 Å². The number of fused-ring (bicyclic) bond motifs is 1. The van der Waals surface area contributed by atoms with Crippen LogP contribution in [0.15, 0.2) is 71.1 Å². The molecule has 0 atom stereocenters. The summed E-state index contributed by atoms with van der Waals surface area (Å²) in [5, 5.41) is 2.85. The summed E-state index contributed by atoms with van der Waals surface area (Å²) in [5.74, 6) is 1.13. The first-order valence-electron chi connectivity index (χ1n) is 9.50. The van der Waals surface area contributed by atoms with E-state index in [9.17, 15) is 4.79 Å². The molecule has 0 unspecified atom stereocenters. The SMILES string of the molecule is Cc1ccc(OCC(=O)Nc2ccc3oc(Cc4ccccc4)nc3c2)c(C)c1. The fraction of sp³-hybridized carbons (Fsp3) is 0.167. The molecule has 4 rings (SSSR count). The van der Waals surface area contributed by atoms with Crippen molar-refractivity contribution >= 4 is 22.7 Å². The minimum atomic E-state index is -0.225. The molecule has 0 aliphatic rings. The van der Waals surface area contributed by atoms with Gasteiger partial charge in [-0.15, -0.1) is 0 Å². The fourth-order valence-electron chi connectivity index (χ4n) is 3.20. The molecule has 0 saturated heterocycles. The molecule has 0 aliphatic heterocycles. The van der Waals surface area contributed by atoms with Crippen LogP contribution in [0.4, 0.5) is 5.69 Å². The van der Waals surface area contributed by atoms with Crippen molar-refractivity contribution in [2.75, 3.05) is 11.9 Å². The zero-order chi connectivity index (χ0) is 20.2. The minimum Gasteiger partial charge on any atom is -0.483 e. The number of hydrogen-bond acceptors (Lipinski definition) is 4. The predicted molar refractivity (Wildman–Crippen MR) is 113 cm³/mol. The van der Waals surface area contributed by atoms with Gasteiger partial charge in [0.05, 0.1) is 0 Å². The molecule has 0 bridgehead atoms. The maximum atomic E-state index is 12.3. The zero-order valence-electron chi connectivity index (χ0n) is 16.4. The Morgan fingerprint density at radius 2 is 1.86 bits per heavy atom. The minimum absolute atomic E-state index is 0.0555. The highest BCUT2D eigenvalue weighted by atomic mass is 16.5. The average molecular weight is 386 g/mol. The second-order valence-corrected chi connectivity index (χ2v) is 7.06. The third-order valence-electron chi connectivity index (χ3n) is 4.60. The Morgan fingerprint density at radius 3 is 2.66 bits per heavy atom. The molecule has 5 heteroatoms. The van der Waals surface area contributed by atoms with Crippen molar-refractivity contribution in [3.8, 4) is 5.75 Å². The Morgan fingerprint density at radius 1 is 1.03 bits per heavy atom. The largest absolute Gasteiger partial charge is 0.483 e. The summed E-state index contributed by atoms with van der Waals surface area (Å²) < 4.78 is 11.4. The third kappa shape index (κ3) is 4.63. The summed E-state index contributed by atoms with van der Waals surface area (Å²) in [7, 11) is 0. The van der Waals surface area contributed by atoms with E-state index in [-0.39, 0.29) is 12.5 Å². The zero-order valence-corrected chi connectivity index (χ0v) is 16.4. The molecule has 4 aromatic rings. The van der Waals surface area contributed by atoms with Gasteiger partial charge in [-0.25, -0.2) is 4.98 Å². The molecule has 1 amide bonds. The monoisotopic (exact) mass is 386 g/mol. The maximum Gasteiger partial charge on any atom is 0.262 e. The highest BCUT2D eigenvalue weighted by Crippen LogP contribution is 2.22. The van der Waals surface area contributed by atoms with E-state index in [2.05, 4.69) is 10.3 Å². The van der Waals surface area contributed by atoms with E-state index in [4.69, 9.17) is 9.15 Å². The van der Waals surface area contributed by atoms with Crippen LogP contribution < -0.4 is 10.1 Å². The van der Waals surface area contributed by atoms with Crippen LogP contribution in [0.1, 0.15) is 22.6 Å². The van der Waals surface area contributed by atoms with Gasteiger partial charge in [0.25, 0.3) is 5.91 Å². The standard InChI is InChI=1S/C24H22N2O3/c1-16-8-10-21(17(2)12-16)28-15-23(27)25-19-9-11-22-20(14-19)26-24(29-22)13-18-6-4-3-5-7-18/h3-12,14H,13,15H2,1-2H3,(H,25,27). The Labute approximate surface area is 169 Å². The lowest BCUT2D eigenvalue weighted by molar-refractivity contribution is -0.118. The summed E-state index contributed by atoms with van der Waals surface area (Å²) in [6.45, 7) is 3.93. The van der Waals surface area contributed by atoms with E-state index >= 15 is 0 Å². The lowest BCUT2D eigenvalue weighted by atomic mass is 10.1. The third-order valence-corrected chi connectivity index (χ3v) is 4.60. The van der Waals surface area contributed by atoms with Crippen molar-refractivity contribution in [3.05, 3.63) is 89.3 Å². The van der Waals surface area contributed by atoms with E-state index in [0.29, 0.717) is 34.8 Å². The smallest absolute Gasteiger partial charge is 0.262 e. The number of carbonyl (C=O) groups excluding carboxylic acids is 1. The van der Waals surface area contributed by atoms with Gasteiger partial charge < -0.3 is 14.5 Å². The van der Waals surface area contributed by atoms with Gasteiger partial charge in [-0.1, -0.05) is 48.0 Å². The fourth-order valence-corrected chi connectivity index (χ4v) is 3.20. The number of carbonyl (C=O) groups is 1. The molecule has 29 heavy (non-hydrogen) atoms. The Balaban J connectivity index is 1.40. The van der Waals surface area contributed by atoms with Gasteiger partial charge in [-0.2, -0.15) is 0 Å². The summed E-state index contributed by atoms with van der Waals surface area (Å²) in [6.07, 6.45) is 0.626. The maximum absolute atomic E-state index is 12.3. The Hall–Kier alpha value is -3.60. The first-order chi connectivity index (χ1) is 14.1. The number of aromatic nitrogens is 1. The molecule has 0 aliphatic carbocycles. The van der Waals surface area contributed by atoms with Gasteiger partial charge in [-0.3, -0.25) is 4.79 Å². The number of ether oxygens (including phenoxy) is 1. The Kier molecular flexibility index (Phi) is 5.29. The van der Waals surface area contributed by atoms with Gasteiger partial charge in [-0.05, 0) is 49.2 Å². The number of hydrogen-bond donors (Lipinski definition) is 1. The lowest BCUT2D eigenvalue weighted by Crippen LogP contribution is -2.20. The number of amides is 1. The van der Waals surface area contributed by atoms with Crippen molar-refractivity contribution in [1.29, 1.82) is 0 Å². The van der Waals surface area contributed by atoms with Crippen LogP contribution in [-0.2, 0) is 11.2 Å². The van der Waals surface area contributed by atoms with Gasteiger partial charge in [0.15, 0.2) is 18.1 Å². The topological polar surface area (TPSA) is 64.4 Å². The summed E-state index contributed by atoms with van der Waals surface area (Å²) in [6, 6.07) is 21.3. The van der Waals surface area contributed by atoms with Crippen molar-refractivity contribution < 1.29 is 13.9 Å². The first kappa shape index (κ1) is 18.7. The molecule has 0 spiro atoms. The van der Waals surface area contributed by atoms with Crippen molar-refractivity contribution in [1.82, 2.24) is 4.98 Å². The summed E-state index contributed by atoms with van der Waals surface area (Å²) in [4.78, 5) is 16.8. The molecule has 3 aromatic carbocycles. The summed E-state index contributed by atoms with van der Waals surface area (Å²) in [5.41, 5.74) is 5.37. The molecule has 146 valence electrons. The van der Waals surface area contributed by atoms with Crippen LogP contribution >= 0.6 is 0 Å². The number of rotatable bonds is 6. The second-order valence-electron chi connectivity index (χ2n) is 7.06. The molecule has 5 nitrogen and oxygen atoms in total. The second kappa shape index (κ2) is 8.19. The number of nitrogens with zero attached hydrogens (tertiary/aromatic N) is 1. The van der Waals surface area contributed by atoms with Gasteiger partial charge in [0.2, 0.25) is 0 Å². The quantitative estimate of drug-likeness (QED) is 0.503. The van der Waals surface area contributed by atoms with E-state index in [1.54, 1.807) is 6.07 Å². The van der Waals surface area contributed by atoms with Crippen LogP contribution in [0.25, 0.3) is 11.1 Å². The number of benzene rings is 3. The van der Waals surface area contributed by atoms with Crippen LogP contribution in [0.2, 0.25) is 0 Å². The van der Waals surface area contributed by atoms with Gasteiger partial charge in [0, 0.05) is 12.1 Å². The molecule has 1 aromatic heterocycles. The van der Waals surface area contributed by atoms with Gasteiger partial charge >= 0.3 is 0 Å². The van der Waals surface area contributed by atoms with Crippen molar-refractivity contribution in [3.63, 3.8) is 0 Å². The summed E-state index contributed by atoms with van der Waals surface area (Å²) >= 11 is 0. The van der Waals surface area contributed by atoms with E-state index in [1.165, 1.54) is 0 Å². The predicted octanol–water partition coefficient (Wildman–Crippen LogP) is 5.05. The van der Waals surface area contributed by atoms with Crippen LogP contribution in [0.5, 0.6) is 5.75 Å². The number of aryl methyl sites for hydroxylation is 2. The van der Waals surface area contributed by atoms with Gasteiger partial charge in [0.1, 0.15) is 11.3 Å². The molecule has 0 radical (unpaired) electrons. The normalized spacial score (nSPS) is 10.8. The molecule has 1 heterocycles. The van der Waals surface area contributed by atoms with E-state index < -0.39 is 0 Å². The molecular weight excluding hydrogens is 364 g/mol. The van der Waals surface area contributed by atoms with E-state index in [0.717, 1.165) is 16.7 Å². The Bertz CT molecular complexity index is 1150. The first-order valence-corrected chi connectivity index (χ1v) is 9.50. The van der Waals surface area contributed by atoms with Crippen molar-refractivity contribution in [2.24, 2.45) is 0 Å². The molecule has 0 saturated carbocycles. The lowest BCUT2D eigenvalue weighted by Gasteiger charge is -2.10. The van der Waals surface area contributed by atoms with Crippen LogP contribution in [-0.4, -0.2) is 17.5 Å². The number of anilines is 1. The molecule has 0 fully saturated rings.